The molecule has 0 fully saturated rings. The molecular formula is C13H16N4O. The van der Waals surface area contributed by atoms with Crippen molar-refractivity contribution in [1.82, 2.24) is 10.3 Å². The molecule has 0 spiro atoms. The molecule has 5 nitrogen and oxygen atoms in total. The third-order valence-electron chi connectivity index (χ3n) is 2.81. The maximum absolute atomic E-state index is 11.4. The van der Waals surface area contributed by atoms with E-state index in [4.69, 9.17) is 5.73 Å². The molecule has 0 aliphatic heterocycles. The number of aromatic nitrogens is 1. The average molecular weight is 244 g/mol. The van der Waals surface area contributed by atoms with E-state index in [-0.39, 0.29) is 5.91 Å². The fourth-order valence-corrected chi connectivity index (χ4v) is 1.86. The largest absolute Gasteiger partial charge is 0.399 e. The summed E-state index contributed by atoms with van der Waals surface area (Å²) in [7, 11) is 3.50. The van der Waals surface area contributed by atoms with Crippen LogP contribution in [0.3, 0.4) is 0 Å². The summed E-state index contributed by atoms with van der Waals surface area (Å²) in [6, 6.07) is 7.47. The molecule has 0 saturated carbocycles. The van der Waals surface area contributed by atoms with Crippen molar-refractivity contribution in [3.05, 3.63) is 30.5 Å². The number of nitrogens with two attached hydrogens (primary N) is 1. The summed E-state index contributed by atoms with van der Waals surface area (Å²) >= 11 is 0. The highest BCUT2D eigenvalue weighted by molar-refractivity contribution is 5.94. The van der Waals surface area contributed by atoms with Crippen molar-refractivity contribution >= 4 is 28.2 Å². The second kappa shape index (κ2) is 4.91. The Kier molecular flexibility index (Phi) is 3.32. The third kappa shape index (κ3) is 2.34. The lowest BCUT2D eigenvalue weighted by molar-refractivity contribution is -0.119. The highest BCUT2D eigenvalue weighted by Crippen LogP contribution is 2.25. The Labute approximate surface area is 106 Å². The molecule has 1 aromatic heterocycles. The van der Waals surface area contributed by atoms with Crippen LogP contribution in [0.5, 0.6) is 0 Å². The second-order valence-electron chi connectivity index (χ2n) is 4.14. The molecule has 5 heteroatoms. The zero-order chi connectivity index (χ0) is 13.1. The lowest BCUT2D eigenvalue weighted by atomic mass is 10.1. The Bertz CT molecular complexity index is 582. The van der Waals surface area contributed by atoms with E-state index in [2.05, 4.69) is 10.3 Å². The summed E-state index contributed by atoms with van der Waals surface area (Å²) in [5.74, 6) is -0.0297. The number of nitrogen functional groups attached to an aromatic ring is 1. The summed E-state index contributed by atoms with van der Waals surface area (Å²) in [4.78, 5) is 17.6. The zero-order valence-electron chi connectivity index (χ0n) is 10.5. The number of amides is 1. The minimum Gasteiger partial charge on any atom is -0.399 e. The normalized spacial score (nSPS) is 10.3. The van der Waals surface area contributed by atoms with Gasteiger partial charge in [0.05, 0.1) is 12.1 Å². The van der Waals surface area contributed by atoms with Crippen LogP contribution in [0, 0.1) is 0 Å². The summed E-state index contributed by atoms with van der Waals surface area (Å²) in [6.07, 6.45) is 1.72. The third-order valence-corrected chi connectivity index (χ3v) is 2.81. The molecule has 2 rings (SSSR count). The molecule has 3 N–H and O–H groups in total. The Morgan fingerprint density at radius 1 is 1.44 bits per heavy atom. The van der Waals surface area contributed by atoms with E-state index >= 15 is 0 Å². The second-order valence-corrected chi connectivity index (χ2v) is 4.14. The number of pyridine rings is 1. The topological polar surface area (TPSA) is 71.2 Å². The highest BCUT2D eigenvalue weighted by Gasteiger charge is 2.09. The first-order valence-electron chi connectivity index (χ1n) is 5.68. The number of fused-ring (bicyclic) bond motifs is 1. The number of likely N-dealkylation sites (N-methyl/N-ethyl adjacent to an activating group) is 2. The molecule has 1 aromatic carbocycles. The summed E-state index contributed by atoms with van der Waals surface area (Å²) in [5.41, 5.74) is 8.21. The van der Waals surface area contributed by atoms with E-state index in [1.54, 1.807) is 13.2 Å². The van der Waals surface area contributed by atoms with E-state index in [0.717, 1.165) is 16.6 Å². The van der Waals surface area contributed by atoms with Crippen molar-refractivity contribution < 1.29 is 4.79 Å². The zero-order valence-corrected chi connectivity index (χ0v) is 10.5. The van der Waals surface area contributed by atoms with Gasteiger partial charge in [0, 0.05) is 37.1 Å². The molecule has 18 heavy (non-hydrogen) atoms. The number of rotatable bonds is 3. The van der Waals surface area contributed by atoms with Gasteiger partial charge in [0.25, 0.3) is 0 Å². The van der Waals surface area contributed by atoms with Crippen molar-refractivity contribution in [2.24, 2.45) is 0 Å². The van der Waals surface area contributed by atoms with Crippen LogP contribution >= 0.6 is 0 Å². The lowest BCUT2D eigenvalue weighted by Gasteiger charge is -2.20. The maximum Gasteiger partial charge on any atom is 0.239 e. The fraction of sp³-hybridized carbons (Fsp3) is 0.231. The number of carbonyl (C=O) groups is 1. The van der Waals surface area contributed by atoms with Gasteiger partial charge in [0.2, 0.25) is 5.91 Å². The minimum absolute atomic E-state index is 0.0297. The molecule has 2 aromatic rings. The van der Waals surface area contributed by atoms with E-state index < -0.39 is 0 Å². The van der Waals surface area contributed by atoms with E-state index in [9.17, 15) is 4.79 Å². The first kappa shape index (κ1) is 12.2. The monoisotopic (exact) mass is 244 g/mol. The van der Waals surface area contributed by atoms with Crippen LogP contribution in [-0.4, -0.2) is 31.5 Å². The smallest absolute Gasteiger partial charge is 0.239 e. The number of benzene rings is 1. The van der Waals surface area contributed by atoms with E-state index in [0.29, 0.717) is 12.2 Å². The van der Waals surface area contributed by atoms with Gasteiger partial charge >= 0.3 is 0 Å². The predicted molar refractivity (Wildman–Crippen MR) is 73.5 cm³/mol. The van der Waals surface area contributed by atoms with Crippen LogP contribution < -0.4 is 16.0 Å². The first-order chi connectivity index (χ1) is 8.61. The summed E-state index contributed by atoms with van der Waals surface area (Å²) in [6.45, 7) is 0.306. The average Bonchev–Trinajstić information content (AvgIpc) is 2.37. The summed E-state index contributed by atoms with van der Waals surface area (Å²) in [5, 5.41) is 3.59. The van der Waals surface area contributed by atoms with Gasteiger partial charge in [-0.05, 0) is 24.3 Å². The van der Waals surface area contributed by atoms with Crippen LogP contribution in [0.1, 0.15) is 0 Å². The molecular weight excluding hydrogens is 228 g/mol. The van der Waals surface area contributed by atoms with Crippen LogP contribution in [-0.2, 0) is 4.79 Å². The molecule has 0 aliphatic carbocycles. The molecule has 0 bridgehead atoms. The van der Waals surface area contributed by atoms with E-state index in [1.807, 2.05) is 36.2 Å². The number of hydrogen-bond acceptors (Lipinski definition) is 4. The van der Waals surface area contributed by atoms with Gasteiger partial charge in [-0.15, -0.1) is 0 Å². The van der Waals surface area contributed by atoms with Crippen molar-refractivity contribution in [3.63, 3.8) is 0 Å². The van der Waals surface area contributed by atoms with Gasteiger partial charge in [-0.25, -0.2) is 0 Å². The first-order valence-corrected chi connectivity index (χ1v) is 5.68. The molecule has 0 aliphatic rings. The SMILES string of the molecule is CNC(=O)CN(C)c1ccnc2cc(N)ccc12. The van der Waals surface area contributed by atoms with Crippen LogP contribution in [0.25, 0.3) is 10.9 Å². The number of carbonyl (C=O) groups excluding carboxylic acids is 1. The van der Waals surface area contributed by atoms with Gasteiger partial charge in [0.15, 0.2) is 0 Å². The lowest BCUT2D eigenvalue weighted by Crippen LogP contribution is -2.33. The van der Waals surface area contributed by atoms with Gasteiger partial charge in [-0.2, -0.15) is 0 Å². The number of hydrogen-bond donors (Lipinski definition) is 2. The Morgan fingerprint density at radius 2 is 2.22 bits per heavy atom. The van der Waals surface area contributed by atoms with Crippen LogP contribution in [0.15, 0.2) is 30.5 Å². The van der Waals surface area contributed by atoms with Crippen molar-refractivity contribution in [1.29, 1.82) is 0 Å². The van der Waals surface area contributed by atoms with Crippen molar-refractivity contribution in [2.75, 3.05) is 31.3 Å². The molecule has 1 heterocycles. The molecule has 0 atom stereocenters. The van der Waals surface area contributed by atoms with Crippen LogP contribution in [0.4, 0.5) is 11.4 Å². The molecule has 1 amide bonds. The fourth-order valence-electron chi connectivity index (χ4n) is 1.86. The minimum atomic E-state index is -0.0297. The molecule has 94 valence electrons. The quantitative estimate of drug-likeness (QED) is 0.790. The Morgan fingerprint density at radius 3 is 2.94 bits per heavy atom. The molecule has 0 saturated heterocycles. The molecule has 0 unspecified atom stereocenters. The van der Waals surface area contributed by atoms with Crippen molar-refractivity contribution in [3.8, 4) is 0 Å². The van der Waals surface area contributed by atoms with Gasteiger partial charge in [-0.1, -0.05) is 0 Å². The number of nitrogens with one attached hydrogen (secondary N) is 1. The Balaban J connectivity index is 2.41. The number of anilines is 2. The van der Waals surface area contributed by atoms with Gasteiger partial charge in [-0.3, -0.25) is 9.78 Å². The number of nitrogens with zero attached hydrogens (tertiary/aromatic N) is 2. The standard InChI is InChI=1S/C13H16N4O/c1-15-13(18)8-17(2)12-5-6-16-11-7-9(14)3-4-10(11)12/h3-7H,8,14H2,1-2H3,(H,15,18). The van der Waals surface area contributed by atoms with E-state index in [1.165, 1.54) is 0 Å². The predicted octanol–water partition coefficient (Wildman–Crippen LogP) is 0.999. The van der Waals surface area contributed by atoms with Crippen molar-refractivity contribution in [2.45, 2.75) is 0 Å². The van der Waals surface area contributed by atoms with Gasteiger partial charge in [0.1, 0.15) is 0 Å². The van der Waals surface area contributed by atoms with Crippen LogP contribution in [0.2, 0.25) is 0 Å². The molecule has 0 radical (unpaired) electrons. The highest BCUT2D eigenvalue weighted by atomic mass is 16.1. The summed E-state index contributed by atoms with van der Waals surface area (Å²) < 4.78 is 0. The maximum atomic E-state index is 11.4. The van der Waals surface area contributed by atoms with Gasteiger partial charge < -0.3 is 16.0 Å². The Hall–Kier alpha value is -2.30.